The molecule has 7 heteroatoms. The van der Waals surface area contributed by atoms with Crippen molar-refractivity contribution in [2.24, 2.45) is 0 Å². The predicted octanol–water partition coefficient (Wildman–Crippen LogP) is 2.53. The minimum absolute atomic E-state index is 0.338. The van der Waals surface area contributed by atoms with Gasteiger partial charge in [-0.25, -0.2) is 0 Å². The molecule has 1 atom stereocenters. The minimum atomic E-state index is 0.338. The molecule has 5 nitrogen and oxygen atoms in total. The molecule has 1 fully saturated rings. The molecule has 2 aromatic rings. The first-order valence-electron chi connectivity index (χ1n) is 7.11. The second-order valence-electron chi connectivity index (χ2n) is 5.05. The van der Waals surface area contributed by atoms with Gasteiger partial charge in [0.05, 0.1) is 19.1 Å². The van der Waals surface area contributed by atoms with E-state index < -0.39 is 0 Å². The van der Waals surface area contributed by atoms with E-state index in [9.17, 15) is 0 Å². The Morgan fingerprint density at radius 1 is 1.48 bits per heavy atom. The van der Waals surface area contributed by atoms with Gasteiger partial charge in [-0.1, -0.05) is 17.8 Å². The molecule has 21 heavy (non-hydrogen) atoms. The summed E-state index contributed by atoms with van der Waals surface area (Å²) in [6, 6.07) is 4.12. The summed E-state index contributed by atoms with van der Waals surface area (Å²) in [5.41, 5.74) is 0. The van der Waals surface area contributed by atoms with Crippen LogP contribution in [0.3, 0.4) is 0 Å². The van der Waals surface area contributed by atoms with Crippen LogP contribution in [-0.4, -0.2) is 53.2 Å². The van der Waals surface area contributed by atoms with E-state index in [1.54, 1.807) is 23.1 Å². The van der Waals surface area contributed by atoms with E-state index in [4.69, 9.17) is 9.15 Å². The van der Waals surface area contributed by atoms with Gasteiger partial charge in [0.25, 0.3) is 5.22 Å². The van der Waals surface area contributed by atoms with E-state index in [0.717, 1.165) is 38.4 Å². The van der Waals surface area contributed by atoms with E-state index in [-0.39, 0.29) is 0 Å². The van der Waals surface area contributed by atoms with Crippen LogP contribution >= 0.6 is 23.1 Å². The largest absolute Gasteiger partial charge is 0.416 e. The second-order valence-corrected chi connectivity index (χ2v) is 7.13. The van der Waals surface area contributed by atoms with Gasteiger partial charge in [0, 0.05) is 30.3 Å². The molecule has 0 aliphatic carbocycles. The molecular formula is C14H19N3O2S2. The summed E-state index contributed by atoms with van der Waals surface area (Å²) in [7, 11) is 0. The topological polar surface area (TPSA) is 51.4 Å². The maximum atomic E-state index is 5.67. The molecule has 3 rings (SSSR count). The lowest BCUT2D eigenvalue weighted by atomic mass is 10.3. The molecule has 0 spiro atoms. The normalized spacial score (nSPS) is 20.0. The van der Waals surface area contributed by atoms with Gasteiger partial charge < -0.3 is 9.15 Å². The fraction of sp³-hybridized carbons (Fsp3) is 0.571. The van der Waals surface area contributed by atoms with E-state index in [0.29, 0.717) is 17.2 Å². The van der Waals surface area contributed by atoms with Crippen LogP contribution < -0.4 is 0 Å². The van der Waals surface area contributed by atoms with E-state index in [1.165, 1.54) is 4.88 Å². The fourth-order valence-electron chi connectivity index (χ4n) is 2.29. The molecule has 3 heterocycles. The molecule has 0 amide bonds. The summed E-state index contributed by atoms with van der Waals surface area (Å²) in [6.45, 7) is 6.00. The van der Waals surface area contributed by atoms with E-state index >= 15 is 0 Å². The van der Waals surface area contributed by atoms with Gasteiger partial charge in [-0.3, -0.25) is 4.90 Å². The summed E-state index contributed by atoms with van der Waals surface area (Å²) in [6.07, 6.45) is 1.07. The number of ether oxygens (including phenoxy) is 1. The Morgan fingerprint density at radius 3 is 3.24 bits per heavy atom. The monoisotopic (exact) mass is 325 g/mol. The number of nitrogens with zero attached hydrogens (tertiary/aromatic N) is 3. The van der Waals surface area contributed by atoms with Crippen molar-refractivity contribution < 1.29 is 9.15 Å². The molecular weight excluding hydrogens is 306 g/mol. The molecule has 1 saturated heterocycles. The van der Waals surface area contributed by atoms with Crippen molar-refractivity contribution in [1.82, 2.24) is 15.1 Å². The number of morpholine rings is 1. The quantitative estimate of drug-likeness (QED) is 0.761. The maximum absolute atomic E-state index is 5.67. The van der Waals surface area contributed by atoms with Crippen molar-refractivity contribution in [3.8, 4) is 0 Å². The fourth-order valence-corrected chi connectivity index (χ4v) is 3.76. The first kappa shape index (κ1) is 15.0. The molecule has 0 aromatic carbocycles. The highest BCUT2D eigenvalue weighted by molar-refractivity contribution is 7.99. The number of hydrogen-bond donors (Lipinski definition) is 0. The van der Waals surface area contributed by atoms with Gasteiger partial charge in [0.15, 0.2) is 0 Å². The summed E-state index contributed by atoms with van der Waals surface area (Å²) >= 11 is 3.34. The Morgan fingerprint density at radius 2 is 2.43 bits per heavy atom. The van der Waals surface area contributed by atoms with Gasteiger partial charge in [0.1, 0.15) is 0 Å². The third-order valence-corrected chi connectivity index (χ3v) is 4.99. The van der Waals surface area contributed by atoms with Gasteiger partial charge >= 0.3 is 0 Å². The average Bonchev–Trinajstić information content (AvgIpc) is 3.12. The Kier molecular flexibility index (Phi) is 5.29. The maximum Gasteiger partial charge on any atom is 0.276 e. The van der Waals surface area contributed by atoms with Gasteiger partial charge in [0.2, 0.25) is 5.89 Å². The Labute approximate surface area is 132 Å². The molecule has 0 bridgehead atoms. The summed E-state index contributed by atoms with van der Waals surface area (Å²) in [4.78, 5) is 3.67. The smallest absolute Gasteiger partial charge is 0.276 e. The van der Waals surface area contributed by atoms with Crippen molar-refractivity contribution >= 4 is 23.1 Å². The van der Waals surface area contributed by atoms with E-state index in [1.807, 2.05) is 6.07 Å². The molecule has 0 N–H and O–H groups in total. The average molecular weight is 325 g/mol. The molecule has 0 saturated carbocycles. The summed E-state index contributed by atoms with van der Waals surface area (Å²) in [5, 5.41) is 10.9. The van der Waals surface area contributed by atoms with Crippen LogP contribution in [0.15, 0.2) is 27.2 Å². The molecule has 0 radical (unpaired) electrons. The molecule has 0 unspecified atom stereocenters. The number of aromatic nitrogens is 2. The van der Waals surface area contributed by atoms with Crippen LogP contribution in [0.2, 0.25) is 0 Å². The zero-order valence-electron chi connectivity index (χ0n) is 12.0. The van der Waals surface area contributed by atoms with Crippen LogP contribution in [0.25, 0.3) is 0 Å². The van der Waals surface area contributed by atoms with Crippen molar-refractivity contribution in [1.29, 1.82) is 0 Å². The summed E-state index contributed by atoms with van der Waals surface area (Å²) < 4.78 is 11.2. The SMILES string of the molecule is C[C@H]1CN(CCSc2nnc(Cc3cccs3)o2)CCO1. The van der Waals surface area contributed by atoms with Gasteiger partial charge in [-0.15, -0.1) is 21.5 Å². The van der Waals surface area contributed by atoms with Crippen molar-refractivity contribution in [3.63, 3.8) is 0 Å². The summed E-state index contributed by atoms with van der Waals surface area (Å²) in [5.74, 6) is 1.66. The Bertz CT molecular complexity index is 544. The number of hydrogen-bond acceptors (Lipinski definition) is 7. The van der Waals surface area contributed by atoms with Gasteiger partial charge in [-0.05, 0) is 18.4 Å². The molecule has 114 valence electrons. The molecule has 2 aromatic heterocycles. The molecule has 1 aliphatic rings. The lowest BCUT2D eigenvalue weighted by Gasteiger charge is -2.30. The Hall–Kier alpha value is -0.890. The van der Waals surface area contributed by atoms with E-state index in [2.05, 4.69) is 33.5 Å². The van der Waals surface area contributed by atoms with Crippen LogP contribution in [0.4, 0.5) is 0 Å². The number of rotatable bonds is 6. The second kappa shape index (κ2) is 7.40. The highest BCUT2D eigenvalue weighted by atomic mass is 32.2. The lowest BCUT2D eigenvalue weighted by Crippen LogP contribution is -2.42. The van der Waals surface area contributed by atoms with Crippen molar-refractivity contribution in [2.45, 2.75) is 24.7 Å². The van der Waals surface area contributed by atoms with Gasteiger partial charge in [-0.2, -0.15) is 0 Å². The predicted molar refractivity (Wildman–Crippen MR) is 84.0 cm³/mol. The first-order valence-corrected chi connectivity index (χ1v) is 8.97. The van der Waals surface area contributed by atoms with Crippen LogP contribution in [0, 0.1) is 0 Å². The zero-order chi connectivity index (χ0) is 14.5. The lowest BCUT2D eigenvalue weighted by molar-refractivity contribution is -0.0158. The number of thiophene rings is 1. The van der Waals surface area contributed by atoms with Crippen LogP contribution in [-0.2, 0) is 11.2 Å². The van der Waals surface area contributed by atoms with Crippen molar-refractivity contribution in [3.05, 3.63) is 28.3 Å². The molecule has 1 aliphatic heterocycles. The number of thioether (sulfide) groups is 1. The third kappa shape index (κ3) is 4.54. The highest BCUT2D eigenvalue weighted by Gasteiger charge is 2.16. The third-order valence-electron chi connectivity index (χ3n) is 3.31. The Balaban J connectivity index is 1.42. The highest BCUT2D eigenvalue weighted by Crippen LogP contribution is 2.19. The first-order chi connectivity index (χ1) is 10.3. The zero-order valence-corrected chi connectivity index (χ0v) is 13.7. The minimum Gasteiger partial charge on any atom is -0.416 e. The van der Waals surface area contributed by atoms with Crippen LogP contribution in [0.1, 0.15) is 17.7 Å². The van der Waals surface area contributed by atoms with Crippen LogP contribution in [0.5, 0.6) is 0 Å². The standard InChI is InChI=1S/C14H19N3O2S2/c1-11-10-17(4-6-18-11)5-8-21-14-16-15-13(19-14)9-12-3-2-7-20-12/h2-3,7,11H,4-6,8-10H2,1H3/t11-/m0/s1. The van der Waals surface area contributed by atoms with Crippen molar-refractivity contribution in [2.75, 3.05) is 32.0 Å².